The average molecular weight is 693 g/mol. The first kappa shape index (κ1) is 38.6. The molecular weight excluding hydrogens is 640 g/mol. The van der Waals surface area contributed by atoms with E-state index in [4.69, 9.17) is 19.0 Å². The monoisotopic (exact) mass is 692 g/mol. The minimum atomic E-state index is -0.758. The van der Waals surface area contributed by atoms with Gasteiger partial charge < -0.3 is 14.0 Å². The number of aromatic nitrogens is 1. The van der Waals surface area contributed by atoms with Crippen molar-refractivity contribution in [1.82, 2.24) is 15.8 Å². The molecule has 1 heterocycles. The predicted octanol–water partition coefficient (Wildman–Crippen LogP) is 10.1. The minimum absolute atomic E-state index is 0.0219. The molecule has 0 saturated carbocycles. The van der Waals surface area contributed by atoms with Gasteiger partial charge in [-0.05, 0) is 84.6 Å². The highest BCUT2D eigenvalue weighted by Gasteiger charge is 2.25. The quantitative estimate of drug-likeness (QED) is 0.113. The topological polar surface area (TPSA) is 115 Å². The number of amides is 2. The first-order valence-electron chi connectivity index (χ1n) is 18.1. The lowest BCUT2D eigenvalue weighted by molar-refractivity contribution is 0.0973. The summed E-state index contributed by atoms with van der Waals surface area (Å²) in [5.41, 5.74) is 3.40. The molecule has 270 valence electrons. The van der Waals surface area contributed by atoms with E-state index in [9.17, 15) is 9.59 Å². The van der Waals surface area contributed by atoms with Crippen LogP contribution in [0.4, 0.5) is 4.79 Å². The fourth-order valence-corrected chi connectivity index (χ4v) is 6.10. The zero-order chi connectivity index (χ0) is 36.8. The van der Waals surface area contributed by atoms with Gasteiger partial charge in [0.1, 0.15) is 29.4 Å². The van der Waals surface area contributed by atoms with Gasteiger partial charge in [0.2, 0.25) is 5.96 Å². The summed E-state index contributed by atoms with van der Waals surface area (Å²) < 4.78 is 16.9. The van der Waals surface area contributed by atoms with Crippen molar-refractivity contribution in [1.29, 1.82) is 0 Å². The van der Waals surface area contributed by atoms with Gasteiger partial charge in [0.05, 0.1) is 12.6 Å². The number of carbonyl (C=O) groups is 2. The SMILES string of the molecule is CC.CCC(CCOc1ccc(COC(=O)NC(=N[C@H](C)c2cccc3ccccc23)NC(=O)c2c(C3=CC=CCC3)noc2C)cc1)C(C)C. The Labute approximate surface area is 302 Å². The molecule has 9 nitrogen and oxygen atoms in total. The summed E-state index contributed by atoms with van der Waals surface area (Å²) in [6, 6.07) is 21.1. The van der Waals surface area contributed by atoms with E-state index in [2.05, 4.69) is 42.6 Å². The molecular formula is C42H52N4O5. The number of guanidine groups is 1. The molecule has 3 aromatic carbocycles. The summed E-state index contributed by atoms with van der Waals surface area (Å²) in [7, 11) is 0. The lowest BCUT2D eigenvalue weighted by Crippen LogP contribution is -2.44. The van der Waals surface area contributed by atoms with Gasteiger partial charge in [-0.3, -0.25) is 15.4 Å². The molecule has 2 atom stereocenters. The van der Waals surface area contributed by atoms with E-state index in [0.29, 0.717) is 35.5 Å². The van der Waals surface area contributed by atoms with E-state index in [-0.39, 0.29) is 12.6 Å². The molecule has 4 aromatic rings. The van der Waals surface area contributed by atoms with Crippen molar-refractivity contribution in [3.63, 3.8) is 0 Å². The van der Waals surface area contributed by atoms with Crippen LogP contribution in [0.3, 0.4) is 0 Å². The number of hydrogen-bond acceptors (Lipinski definition) is 7. The molecule has 2 amide bonds. The van der Waals surface area contributed by atoms with Gasteiger partial charge in [0.15, 0.2) is 0 Å². The van der Waals surface area contributed by atoms with Crippen LogP contribution in [-0.2, 0) is 11.3 Å². The van der Waals surface area contributed by atoms with Crippen LogP contribution in [0.15, 0.2) is 94.5 Å². The van der Waals surface area contributed by atoms with Crippen LogP contribution >= 0.6 is 0 Å². The Hall–Kier alpha value is -5.18. The lowest BCUT2D eigenvalue weighted by atomic mass is 9.91. The number of fused-ring (bicyclic) bond motifs is 1. The lowest BCUT2D eigenvalue weighted by Gasteiger charge is -2.19. The van der Waals surface area contributed by atoms with Gasteiger partial charge in [-0.1, -0.05) is 119 Å². The van der Waals surface area contributed by atoms with Crippen molar-refractivity contribution < 1.29 is 23.6 Å². The number of ether oxygens (including phenoxy) is 2. The molecule has 0 radical (unpaired) electrons. The fourth-order valence-electron chi connectivity index (χ4n) is 6.10. The highest BCUT2D eigenvalue weighted by atomic mass is 16.5. The summed E-state index contributed by atoms with van der Waals surface area (Å²) in [5.74, 6) is 1.85. The summed E-state index contributed by atoms with van der Waals surface area (Å²) in [4.78, 5) is 31.6. The first-order valence-corrected chi connectivity index (χ1v) is 18.1. The molecule has 1 aliphatic carbocycles. The van der Waals surface area contributed by atoms with E-state index >= 15 is 0 Å². The maximum atomic E-state index is 13.7. The van der Waals surface area contributed by atoms with Gasteiger partial charge in [0, 0.05) is 0 Å². The molecule has 5 rings (SSSR count). The zero-order valence-electron chi connectivity index (χ0n) is 31.0. The Kier molecular flexibility index (Phi) is 14.6. The standard InChI is InChI=1S/C40H46N4O5.C2H6/c1-6-30(26(2)3)23-24-47-33-21-19-29(20-22-33)25-48-40(46)43-39(41-27(4)34-18-12-16-31-13-10-11-17-35(31)34)42-38(45)36-28(5)49-44-37(36)32-14-8-7-9-15-32;1-2/h7-8,10-14,16-22,26-27,30H,6,9,15,23-25H2,1-5H3,(H2,41,42,43,45,46);1-2H3/t27-,30?;/m1./s1. The number of nitrogens with zero attached hydrogens (tertiary/aromatic N) is 2. The molecule has 2 N–H and O–H groups in total. The molecule has 0 fully saturated rings. The first-order chi connectivity index (χ1) is 24.7. The normalized spacial score (nSPS) is 13.9. The van der Waals surface area contributed by atoms with Crippen molar-refractivity contribution in [3.05, 3.63) is 113 Å². The third-order valence-electron chi connectivity index (χ3n) is 8.97. The van der Waals surface area contributed by atoms with E-state index in [1.54, 1.807) is 6.92 Å². The Morgan fingerprint density at radius 3 is 2.43 bits per heavy atom. The van der Waals surface area contributed by atoms with Gasteiger partial charge in [-0.15, -0.1) is 0 Å². The molecule has 1 unspecified atom stereocenters. The van der Waals surface area contributed by atoms with Crippen molar-refractivity contribution >= 4 is 34.3 Å². The zero-order valence-corrected chi connectivity index (χ0v) is 31.0. The van der Waals surface area contributed by atoms with E-state index in [1.807, 2.05) is 99.7 Å². The second kappa shape index (κ2) is 19.3. The third kappa shape index (κ3) is 10.7. The number of allylic oxidation sites excluding steroid dienone is 4. The summed E-state index contributed by atoms with van der Waals surface area (Å²) in [5, 5.41) is 11.7. The maximum Gasteiger partial charge on any atom is 0.414 e. The van der Waals surface area contributed by atoms with Gasteiger partial charge in [0.25, 0.3) is 5.91 Å². The Morgan fingerprint density at radius 2 is 1.73 bits per heavy atom. The maximum absolute atomic E-state index is 13.7. The number of alkyl carbamates (subject to hydrolysis) is 1. The predicted molar refractivity (Wildman–Crippen MR) is 205 cm³/mol. The average Bonchev–Trinajstić information content (AvgIpc) is 3.55. The summed E-state index contributed by atoms with van der Waals surface area (Å²) in [6.07, 6.45) is 8.89. The summed E-state index contributed by atoms with van der Waals surface area (Å²) in [6.45, 7) is 15.0. The molecule has 51 heavy (non-hydrogen) atoms. The smallest absolute Gasteiger partial charge is 0.414 e. The molecule has 0 spiro atoms. The van der Waals surface area contributed by atoms with Gasteiger partial charge in [-0.25, -0.2) is 9.79 Å². The van der Waals surface area contributed by atoms with Crippen LogP contribution < -0.4 is 15.4 Å². The van der Waals surface area contributed by atoms with Crippen LogP contribution in [-0.4, -0.2) is 29.7 Å². The Bertz CT molecular complexity index is 1830. The number of aryl methyl sites for hydroxylation is 1. The number of hydrogen-bond donors (Lipinski definition) is 2. The summed E-state index contributed by atoms with van der Waals surface area (Å²) >= 11 is 0. The molecule has 1 aliphatic rings. The molecule has 0 bridgehead atoms. The van der Waals surface area contributed by atoms with Gasteiger partial charge >= 0.3 is 6.09 Å². The van der Waals surface area contributed by atoms with E-state index < -0.39 is 18.0 Å². The van der Waals surface area contributed by atoms with Crippen molar-refractivity contribution in [2.24, 2.45) is 16.8 Å². The van der Waals surface area contributed by atoms with E-state index in [1.165, 1.54) is 0 Å². The molecule has 0 saturated heterocycles. The van der Waals surface area contributed by atoms with Gasteiger partial charge in [-0.2, -0.15) is 0 Å². The number of carbonyl (C=O) groups excluding carboxylic acids is 2. The van der Waals surface area contributed by atoms with Crippen molar-refractivity contribution in [2.75, 3.05) is 6.61 Å². The second-order valence-corrected chi connectivity index (χ2v) is 12.7. The number of nitrogens with one attached hydrogen (secondary N) is 2. The second-order valence-electron chi connectivity index (χ2n) is 12.7. The van der Waals surface area contributed by atoms with Crippen LogP contribution in [0, 0.1) is 18.8 Å². The van der Waals surface area contributed by atoms with Crippen LogP contribution in [0.1, 0.15) is 106 Å². The minimum Gasteiger partial charge on any atom is -0.494 e. The van der Waals surface area contributed by atoms with Crippen molar-refractivity contribution in [2.45, 2.75) is 86.8 Å². The number of benzene rings is 3. The highest BCUT2D eigenvalue weighted by Crippen LogP contribution is 2.29. The highest BCUT2D eigenvalue weighted by molar-refractivity contribution is 6.11. The van der Waals surface area contributed by atoms with Crippen LogP contribution in [0.2, 0.25) is 0 Å². The van der Waals surface area contributed by atoms with E-state index in [0.717, 1.165) is 58.9 Å². The van der Waals surface area contributed by atoms with Crippen LogP contribution in [0.25, 0.3) is 16.3 Å². The fraction of sp³-hybridized carbons (Fsp3) is 0.381. The largest absolute Gasteiger partial charge is 0.494 e. The Morgan fingerprint density at radius 1 is 0.980 bits per heavy atom. The number of rotatable bonds is 12. The van der Waals surface area contributed by atoms with Crippen molar-refractivity contribution in [3.8, 4) is 5.75 Å². The number of aliphatic imine (C=N–C) groups is 1. The molecule has 0 aliphatic heterocycles. The molecule has 1 aromatic heterocycles. The van der Waals surface area contributed by atoms with Crippen LogP contribution in [0.5, 0.6) is 5.75 Å². The Balaban J connectivity index is 0.00000286. The molecule has 9 heteroatoms. The third-order valence-corrected chi connectivity index (χ3v) is 8.97.